The van der Waals surface area contributed by atoms with Gasteiger partial charge in [-0.2, -0.15) is 0 Å². The van der Waals surface area contributed by atoms with Crippen LogP contribution in [0.5, 0.6) is 0 Å². The fourth-order valence-corrected chi connectivity index (χ4v) is 2.03. The Kier molecular flexibility index (Phi) is 2.45. The molecule has 3 nitrogen and oxygen atoms in total. The predicted molar refractivity (Wildman–Crippen MR) is 69.6 cm³/mol. The highest BCUT2D eigenvalue weighted by Gasteiger charge is 2.11. The van der Waals surface area contributed by atoms with Gasteiger partial charge in [0.25, 0.3) is 0 Å². The van der Waals surface area contributed by atoms with Crippen molar-refractivity contribution in [2.45, 2.75) is 6.92 Å². The van der Waals surface area contributed by atoms with Crippen LogP contribution in [-0.2, 0) is 0 Å². The molecule has 0 amide bonds. The highest BCUT2D eigenvalue weighted by molar-refractivity contribution is 5.93. The summed E-state index contributed by atoms with van der Waals surface area (Å²) in [6.07, 6.45) is 0.826. The smallest absolute Gasteiger partial charge is 0.174 e. The Morgan fingerprint density at radius 2 is 1.89 bits per heavy atom. The van der Waals surface area contributed by atoms with Crippen molar-refractivity contribution in [3.63, 3.8) is 0 Å². The number of hydrogen-bond donors (Lipinski definition) is 0. The van der Waals surface area contributed by atoms with Crippen molar-refractivity contribution in [3.8, 4) is 11.3 Å². The van der Waals surface area contributed by atoms with Crippen molar-refractivity contribution in [2.75, 3.05) is 0 Å². The Morgan fingerprint density at radius 1 is 1.11 bits per heavy atom. The van der Waals surface area contributed by atoms with Crippen LogP contribution in [0.3, 0.4) is 0 Å². The summed E-state index contributed by atoms with van der Waals surface area (Å²) in [5.41, 5.74) is 3.55. The van der Waals surface area contributed by atoms with Gasteiger partial charge >= 0.3 is 0 Å². The molecule has 0 radical (unpaired) electrons. The van der Waals surface area contributed by atoms with E-state index in [4.69, 9.17) is 4.52 Å². The third-order valence-corrected chi connectivity index (χ3v) is 3.02. The summed E-state index contributed by atoms with van der Waals surface area (Å²) in [4.78, 5) is 10.6. The lowest BCUT2D eigenvalue weighted by Crippen LogP contribution is -1.80. The lowest BCUT2D eigenvalue weighted by Gasteiger charge is -1.97. The molecular formula is C15H11NO2. The number of carbonyl (C=O) groups excluding carboxylic acids is 1. The molecule has 0 atom stereocenters. The van der Waals surface area contributed by atoms with Gasteiger partial charge in [0.2, 0.25) is 0 Å². The molecule has 0 saturated carbocycles. The number of aromatic nitrogens is 1. The third-order valence-electron chi connectivity index (χ3n) is 3.02. The zero-order chi connectivity index (χ0) is 12.5. The summed E-state index contributed by atoms with van der Waals surface area (Å²) in [5.74, 6) is 0.742. The Morgan fingerprint density at radius 3 is 2.61 bits per heavy atom. The van der Waals surface area contributed by atoms with Gasteiger partial charge in [0.05, 0.1) is 0 Å². The van der Waals surface area contributed by atoms with Crippen LogP contribution in [0.4, 0.5) is 0 Å². The normalized spacial score (nSPS) is 10.7. The maximum absolute atomic E-state index is 10.6. The average Bonchev–Trinajstić information content (AvgIpc) is 2.84. The van der Waals surface area contributed by atoms with Gasteiger partial charge in [-0.25, -0.2) is 0 Å². The van der Waals surface area contributed by atoms with E-state index in [9.17, 15) is 4.79 Å². The maximum atomic E-state index is 10.6. The molecule has 18 heavy (non-hydrogen) atoms. The number of benzene rings is 2. The summed E-state index contributed by atoms with van der Waals surface area (Å²) in [6.45, 7) is 2.00. The van der Waals surface area contributed by atoms with Gasteiger partial charge in [0.15, 0.2) is 5.76 Å². The van der Waals surface area contributed by atoms with E-state index < -0.39 is 0 Å². The minimum absolute atomic E-state index is 0.652. The largest absolute Gasteiger partial charge is 0.355 e. The van der Waals surface area contributed by atoms with Crippen LogP contribution in [0.2, 0.25) is 0 Å². The molecule has 0 saturated heterocycles. The van der Waals surface area contributed by atoms with E-state index in [-0.39, 0.29) is 0 Å². The zero-order valence-electron chi connectivity index (χ0n) is 9.88. The van der Waals surface area contributed by atoms with Crippen LogP contribution in [0.1, 0.15) is 15.9 Å². The number of aryl methyl sites for hydroxylation is 1. The minimum atomic E-state index is 0.652. The van der Waals surface area contributed by atoms with Gasteiger partial charge in [-0.15, -0.1) is 0 Å². The van der Waals surface area contributed by atoms with Crippen LogP contribution < -0.4 is 0 Å². The van der Waals surface area contributed by atoms with Crippen LogP contribution in [-0.4, -0.2) is 11.4 Å². The van der Waals surface area contributed by atoms with E-state index in [0.717, 1.165) is 34.1 Å². The molecule has 0 aliphatic carbocycles. The molecule has 0 aliphatic rings. The first-order valence-electron chi connectivity index (χ1n) is 5.70. The van der Waals surface area contributed by atoms with Gasteiger partial charge in [-0.1, -0.05) is 41.6 Å². The van der Waals surface area contributed by atoms with Gasteiger partial charge in [-0.3, -0.25) is 4.79 Å². The number of carbonyl (C=O) groups is 1. The molecule has 88 valence electrons. The summed E-state index contributed by atoms with van der Waals surface area (Å²) in [5, 5.41) is 5.09. The fourth-order valence-electron chi connectivity index (χ4n) is 2.03. The topological polar surface area (TPSA) is 43.1 Å². The van der Waals surface area contributed by atoms with Crippen LogP contribution >= 0.6 is 0 Å². The lowest BCUT2D eigenvalue weighted by molar-refractivity contribution is 0.112. The second-order valence-electron chi connectivity index (χ2n) is 4.22. The first-order chi connectivity index (χ1) is 8.79. The number of aldehydes is 1. The first kappa shape index (κ1) is 10.7. The fraction of sp³-hybridized carbons (Fsp3) is 0.0667. The quantitative estimate of drug-likeness (QED) is 0.639. The number of fused-ring (bicyclic) bond motifs is 1. The van der Waals surface area contributed by atoms with Crippen molar-refractivity contribution in [2.24, 2.45) is 0 Å². The van der Waals surface area contributed by atoms with Gasteiger partial charge in [0, 0.05) is 16.5 Å². The molecule has 0 spiro atoms. The summed E-state index contributed by atoms with van der Waals surface area (Å²) in [7, 11) is 0. The summed E-state index contributed by atoms with van der Waals surface area (Å²) in [6, 6.07) is 13.3. The van der Waals surface area contributed by atoms with E-state index in [1.807, 2.05) is 37.3 Å². The molecule has 3 aromatic rings. The van der Waals surface area contributed by atoms with E-state index in [1.54, 1.807) is 12.1 Å². The number of nitrogens with zero attached hydrogens (tertiary/aromatic N) is 1. The monoisotopic (exact) mass is 237 g/mol. The average molecular weight is 237 g/mol. The molecule has 3 heteroatoms. The number of hydrogen-bond acceptors (Lipinski definition) is 3. The van der Waals surface area contributed by atoms with E-state index in [0.29, 0.717) is 5.56 Å². The molecular weight excluding hydrogens is 226 g/mol. The van der Waals surface area contributed by atoms with E-state index in [2.05, 4.69) is 5.16 Å². The molecule has 0 fully saturated rings. The van der Waals surface area contributed by atoms with Gasteiger partial charge in [-0.05, 0) is 18.6 Å². The van der Waals surface area contributed by atoms with Gasteiger partial charge in [0.1, 0.15) is 11.8 Å². The number of rotatable bonds is 2. The molecule has 1 aromatic heterocycles. The van der Waals surface area contributed by atoms with Crippen molar-refractivity contribution < 1.29 is 9.32 Å². The molecule has 2 aromatic carbocycles. The van der Waals surface area contributed by atoms with E-state index >= 15 is 0 Å². The van der Waals surface area contributed by atoms with E-state index in [1.165, 1.54) is 0 Å². The van der Waals surface area contributed by atoms with Crippen molar-refractivity contribution in [3.05, 3.63) is 53.6 Å². The third kappa shape index (κ3) is 1.61. The first-order valence-corrected chi connectivity index (χ1v) is 5.70. The molecule has 0 bridgehead atoms. The molecule has 0 aliphatic heterocycles. The van der Waals surface area contributed by atoms with Gasteiger partial charge < -0.3 is 4.52 Å². The Hall–Kier alpha value is -2.42. The van der Waals surface area contributed by atoms with Crippen LogP contribution in [0.25, 0.3) is 22.2 Å². The molecule has 0 unspecified atom stereocenters. The minimum Gasteiger partial charge on any atom is -0.355 e. The Balaban J connectivity index is 2.19. The van der Waals surface area contributed by atoms with Crippen molar-refractivity contribution in [1.29, 1.82) is 0 Å². The molecule has 0 N–H and O–H groups in total. The summed E-state index contributed by atoms with van der Waals surface area (Å²) >= 11 is 0. The maximum Gasteiger partial charge on any atom is 0.174 e. The second-order valence-corrected chi connectivity index (χ2v) is 4.22. The predicted octanol–water partition coefficient (Wildman–Crippen LogP) is 3.62. The Bertz CT molecular complexity index is 711. The van der Waals surface area contributed by atoms with Crippen molar-refractivity contribution in [1.82, 2.24) is 5.16 Å². The second kappa shape index (κ2) is 4.11. The van der Waals surface area contributed by atoms with Crippen LogP contribution in [0, 0.1) is 6.92 Å². The van der Waals surface area contributed by atoms with Crippen LogP contribution in [0.15, 0.2) is 47.0 Å². The lowest BCUT2D eigenvalue weighted by atomic mass is 10.1. The highest BCUT2D eigenvalue weighted by Crippen LogP contribution is 2.29. The SMILES string of the molecule is Cc1cccc2c(-c3ccc(C=O)cc3)onc12. The standard InChI is InChI=1S/C15H11NO2/c1-10-3-2-4-13-14(10)16-18-15(13)12-7-5-11(9-17)6-8-12/h2-9H,1H3. The highest BCUT2D eigenvalue weighted by atomic mass is 16.5. The molecule has 1 heterocycles. The summed E-state index contributed by atoms with van der Waals surface area (Å²) < 4.78 is 5.42. The van der Waals surface area contributed by atoms with Crippen molar-refractivity contribution >= 4 is 17.2 Å². The molecule has 3 rings (SSSR count). The zero-order valence-corrected chi connectivity index (χ0v) is 9.88. The Labute approximate surface area is 104 Å².